The molecule has 0 bridgehead atoms. The van der Waals surface area contributed by atoms with Crippen LogP contribution in [0.3, 0.4) is 0 Å². The van der Waals surface area contributed by atoms with Gasteiger partial charge in [0.15, 0.2) is 11.5 Å². The van der Waals surface area contributed by atoms with Gasteiger partial charge in [0.25, 0.3) is 0 Å². The molecule has 5 heteroatoms. The van der Waals surface area contributed by atoms with Gasteiger partial charge in [-0.25, -0.2) is 0 Å². The van der Waals surface area contributed by atoms with Crippen molar-refractivity contribution >= 4 is 19.4 Å². The summed E-state index contributed by atoms with van der Waals surface area (Å²) in [7, 11) is -1.76. The average Bonchev–Trinajstić information content (AvgIpc) is 2.67. The van der Waals surface area contributed by atoms with Crippen LogP contribution in [0.4, 0.5) is 0 Å². The summed E-state index contributed by atoms with van der Waals surface area (Å²) in [6.45, 7) is 6.10. The summed E-state index contributed by atoms with van der Waals surface area (Å²) in [4.78, 5) is 12.3. The van der Waals surface area contributed by atoms with Crippen molar-refractivity contribution < 1.29 is 13.9 Å². The molecule has 0 aliphatic rings. The Morgan fingerprint density at radius 1 is 1.00 bits per heavy atom. The summed E-state index contributed by atoms with van der Waals surface area (Å²) in [5, 5.41) is 11.6. The van der Waals surface area contributed by atoms with Crippen LogP contribution in [0.15, 0.2) is 76.1 Å². The van der Waals surface area contributed by atoms with Gasteiger partial charge in [0.05, 0.1) is 6.26 Å². The fourth-order valence-electron chi connectivity index (χ4n) is 2.76. The molecule has 1 heterocycles. The van der Waals surface area contributed by atoms with E-state index in [1.165, 1.54) is 17.9 Å². The summed E-state index contributed by atoms with van der Waals surface area (Å²) >= 11 is 0. The number of benzene rings is 2. The molecule has 139 valence electrons. The predicted octanol–water partition coefficient (Wildman–Crippen LogP) is 2.61. The molecule has 0 atom stereocenters. The Bertz CT molecular complexity index is 958. The molecule has 0 amide bonds. The average molecular weight is 380 g/mol. The Balaban J connectivity index is 2.11. The van der Waals surface area contributed by atoms with Gasteiger partial charge in [-0.05, 0) is 21.4 Å². The van der Waals surface area contributed by atoms with Crippen LogP contribution in [0, 0.1) is 0 Å². The molecule has 0 aliphatic carbocycles. The molecule has 0 saturated carbocycles. The maximum absolute atomic E-state index is 12.3. The second kappa shape index (κ2) is 7.94. The number of hydrogen-bond donors (Lipinski definition) is 1. The first-order valence-electron chi connectivity index (χ1n) is 8.83. The zero-order valence-corrected chi connectivity index (χ0v) is 16.7. The van der Waals surface area contributed by atoms with Crippen molar-refractivity contribution in [1.29, 1.82) is 0 Å². The van der Waals surface area contributed by atoms with E-state index < -0.39 is 15.6 Å². The third-order valence-electron chi connectivity index (χ3n) is 4.28. The minimum atomic E-state index is -1.76. The largest absolute Gasteiger partial charge is 0.528 e. The topological polar surface area (TPSA) is 59.7 Å². The summed E-state index contributed by atoms with van der Waals surface area (Å²) < 4.78 is 11.5. The van der Waals surface area contributed by atoms with Crippen molar-refractivity contribution in [3.8, 4) is 5.75 Å². The molecule has 3 rings (SSSR count). The third kappa shape index (κ3) is 4.38. The Hall–Kier alpha value is -2.63. The Kier molecular flexibility index (Phi) is 5.63. The molecule has 1 N–H and O–H groups in total. The second-order valence-electron chi connectivity index (χ2n) is 7.32. The van der Waals surface area contributed by atoms with Gasteiger partial charge in [-0.3, -0.25) is 4.79 Å². The minimum Gasteiger partial charge on any atom is -0.528 e. The molecule has 0 spiro atoms. The number of rotatable bonds is 5. The van der Waals surface area contributed by atoms with Crippen molar-refractivity contribution in [3.63, 3.8) is 0 Å². The number of aliphatic hydroxyl groups is 1. The monoisotopic (exact) mass is 379 g/mol. The Morgan fingerprint density at radius 3 is 2.37 bits per heavy atom. The molecular weight excluding hydrogens is 356 g/mol. The van der Waals surface area contributed by atoms with Gasteiger partial charge < -0.3 is 13.9 Å². The highest BCUT2D eigenvalue weighted by Crippen LogP contribution is 2.21. The van der Waals surface area contributed by atoms with E-state index in [9.17, 15) is 9.90 Å². The molecular formula is C22H23O4Si. The lowest BCUT2D eigenvalue weighted by Gasteiger charge is -2.22. The van der Waals surface area contributed by atoms with Gasteiger partial charge in [0.2, 0.25) is 5.43 Å². The lowest BCUT2D eigenvalue weighted by atomic mass is 9.87. The van der Waals surface area contributed by atoms with E-state index in [-0.39, 0.29) is 22.4 Å². The van der Waals surface area contributed by atoms with Crippen LogP contribution in [-0.2, 0) is 12.0 Å². The van der Waals surface area contributed by atoms with Crippen molar-refractivity contribution in [3.05, 3.63) is 88.5 Å². The van der Waals surface area contributed by atoms with Gasteiger partial charge in [-0.2, -0.15) is 0 Å². The molecule has 27 heavy (non-hydrogen) atoms. The summed E-state index contributed by atoms with van der Waals surface area (Å²) in [5.41, 5.74) is 0.905. The van der Waals surface area contributed by atoms with Crippen LogP contribution in [0.1, 0.15) is 32.1 Å². The predicted molar refractivity (Wildman–Crippen MR) is 108 cm³/mol. The molecule has 1 radical (unpaired) electrons. The van der Waals surface area contributed by atoms with Crippen LogP contribution in [-0.4, -0.2) is 14.1 Å². The van der Waals surface area contributed by atoms with Crippen molar-refractivity contribution in [2.24, 2.45) is 0 Å². The first kappa shape index (κ1) is 19.1. The van der Waals surface area contributed by atoms with E-state index in [0.717, 1.165) is 10.4 Å². The van der Waals surface area contributed by atoms with Crippen LogP contribution in [0.25, 0.3) is 0 Å². The van der Waals surface area contributed by atoms with Crippen LogP contribution < -0.4 is 20.2 Å². The molecule has 3 aromatic rings. The SMILES string of the molecule is CC(C)(C)c1cccc([Si](Oc2c(CO)occc2=O)c2ccccc2)c1. The first-order chi connectivity index (χ1) is 12.9. The molecule has 0 aliphatic heterocycles. The molecule has 0 unspecified atom stereocenters. The Labute approximate surface area is 160 Å². The van der Waals surface area contributed by atoms with E-state index in [2.05, 4.69) is 32.9 Å². The van der Waals surface area contributed by atoms with Crippen molar-refractivity contribution in [1.82, 2.24) is 0 Å². The van der Waals surface area contributed by atoms with E-state index in [0.29, 0.717) is 0 Å². The van der Waals surface area contributed by atoms with Crippen molar-refractivity contribution in [2.45, 2.75) is 32.8 Å². The van der Waals surface area contributed by atoms with Crippen LogP contribution in [0.5, 0.6) is 5.75 Å². The number of aliphatic hydroxyl groups excluding tert-OH is 1. The van der Waals surface area contributed by atoms with E-state index in [1.54, 1.807) is 0 Å². The van der Waals surface area contributed by atoms with Gasteiger partial charge in [0.1, 0.15) is 6.61 Å². The standard InChI is InChI=1S/C22H23O4Si/c1-22(2,3)16-8-7-11-18(14-16)27(17-9-5-4-6-10-17)26-21-19(24)12-13-25-20(21)15-23/h4-14,23H,15H2,1-3H3. The molecule has 1 aromatic heterocycles. The fourth-order valence-corrected chi connectivity index (χ4v) is 4.78. The van der Waals surface area contributed by atoms with Crippen LogP contribution >= 0.6 is 0 Å². The zero-order valence-electron chi connectivity index (χ0n) is 15.7. The molecule has 0 saturated heterocycles. The molecule has 0 fully saturated rings. The summed E-state index contributed by atoms with van der Waals surface area (Å²) in [6, 6.07) is 19.5. The van der Waals surface area contributed by atoms with Crippen LogP contribution in [0.2, 0.25) is 0 Å². The van der Waals surface area contributed by atoms with E-state index in [4.69, 9.17) is 8.84 Å². The lowest BCUT2D eigenvalue weighted by molar-refractivity contribution is 0.237. The van der Waals surface area contributed by atoms with Gasteiger partial charge >= 0.3 is 9.04 Å². The normalized spacial score (nSPS) is 11.6. The quantitative estimate of drug-likeness (QED) is 0.693. The van der Waals surface area contributed by atoms with Gasteiger partial charge in [-0.15, -0.1) is 0 Å². The first-order valence-corrected chi connectivity index (χ1v) is 10.2. The minimum absolute atomic E-state index is 0.00169. The highest BCUT2D eigenvalue weighted by molar-refractivity contribution is 6.80. The highest BCUT2D eigenvalue weighted by atomic mass is 28.3. The highest BCUT2D eigenvalue weighted by Gasteiger charge is 2.26. The Morgan fingerprint density at radius 2 is 1.70 bits per heavy atom. The maximum atomic E-state index is 12.3. The molecule has 2 aromatic carbocycles. The number of hydrogen-bond acceptors (Lipinski definition) is 4. The second-order valence-corrected chi connectivity index (χ2v) is 9.34. The van der Waals surface area contributed by atoms with E-state index in [1.807, 2.05) is 42.5 Å². The smallest absolute Gasteiger partial charge is 0.353 e. The van der Waals surface area contributed by atoms with Crippen molar-refractivity contribution in [2.75, 3.05) is 0 Å². The maximum Gasteiger partial charge on any atom is 0.353 e. The summed E-state index contributed by atoms with van der Waals surface area (Å²) in [6.07, 6.45) is 1.27. The third-order valence-corrected chi connectivity index (χ3v) is 6.38. The zero-order chi connectivity index (χ0) is 19.4. The molecule has 4 nitrogen and oxygen atoms in total. The fraction of sp³-hybridized carbons (Fsp3) is 0.227. The van der Waals surface area contributed by atoms with Gasteiger partial charge in [0, 0.05) is 6.07 Å². The van der Waals surface area contributed by atoms with Gasteiger partial charge in [-0.1, -0.05) is 75.4 Å². The summed E-state index contributed by atoms with van der Waals surface area (Å²) in [5.74, 6) is 0.229. The van der Waals surface area contributed by atoms with E-state index >= 15 is 0 Å². The lowest BCUT2D eigenvalue weighted by Crippen LogP contribution is -2.48.